The summed E-state index contributed by atoms with van der Waals surface area (Å²) in [4.78, 5) is 0. The van der Waals surface area contributed by atoms with E-state index >= 15 is 0 Å². The molecule has 0 radical (unpaired) electrons. The molecule has 5 atom stereocenters. The van der Waals surface area contributed by atoms with Crippen LogP contribution in [-0.2, 0) is 0 Å². The highest BCUT2D eigenvalue weighted by Gasteiger charge is 2.44. The van der Waals surface area contributed by atoms with Crippen LogP contribution in [0, 0.1) is 34.5 Å². The zero-order chi connectivity index (χ0) is 19.5. The molecule has 1 saturated carbocycles. The van der Waals surface area contributed by atoms with Gasteiger partial charge in [0.2, 0.25) is 0 Å². The van der Waals surface area contributed by atoms with E-state index in [1.807, 2.05) is 0 Å². The fourth-order valence-electron chi connectivity index (χ4n) is 5.69. The van der Waals surface area contributed by atoms with Gasteiger partial charge in [0.25, 0.3) is 0 Å². The van der Waals surface area contributed by atoms with E-state index in [0.717, 1.165) is 13.0 Å². The molecule has 2 unspecified atom stereocenters. The third kappa shape index (κ3) is 3.50. The monoisotopic (exact) mass is 372 g/mol. The van der Waals surface area contributed by atoms with E-state index in [4.69, 9.17) is 5.41 Å². The van der Waals surface area contributed by atoms with Gasteiger partial charge in [-0.05, 0) is 43.5 Å². The summed E-state index contributed by atoms with van der Waals surface area (Å²) in [5.41, 5.74) is 3.36. The Bertz CT molecular complexity index is 867. The van der Waals surface area contributed by atoms with Crippen LogP contribution in [-0.4, -0.2) is 29.2 Å². The van der Waals surface area contributed by atoms with E-state index in [-0.39, 0.29) is 11.8 Å². The van der Waals surface area contributed by atoms with Crippen molar-refractivity contribution in [3.05, 3.63) is 53.1 Å². The van der Waals surface area contributed by atoms with Crippen molar-refractivity contribution in [2.24, 2.45) is 17.8 Å². The van der Waals surface area contributed by atoms with Gasteiger partial charge in [0.05, 0.1) is 11.5 Å². The quantitative estimate of drug-likeness (QED) is 0.341. The first kappa shape index (κ1) is 18.9. The number of nitrogens with zero attached hydrogens (tertiary/aromatic N) is 2. The number of hydrogen-bond donors (Lipinski definition) is 1. The minimum Gasteiger partial charge on any atom is -0.258 e. The fourth-order valence-corrected chi connectivity index (χ4v) is 5.69. The second-order valence-corrected chi connectivity index (χ2v) is 8.66. The molecule has 1 aromatic rings. The maximum Gasteiger partial charge on any atom is 0.149 e. The van der Waals surface area contributed by atoms with Crippen molar-refractivity contribution in [1.82, 2.24) is 0 Å². The molecule has 3 aliphatic rings. The Balaban J connectivity index is 1.87. The van der Waals surface area contributed by atoms with Gasteiger partial charge in [-0.2, -0.15) is 5.26 Å². The number of nitriles is 1. The molecule has 1 aliphatic heterocycles. The molecule has 1 aromatic carbocycles. The van der Waals surface area contributed by atoms with Gasteiger partial charge in [0.15, 0.2) is 0 Å². The number of rotatable bonds is 3. The maximum absolute atomic E-state index is 9.74. The van der Waals surface area contributed by atoms with Crippen molar-refractivity contribution in [2.75, 3.05) is 6.54 Å². The van der Waals surface area contributed by atoms with Crippen LogP contribution < -0.4 is 0 Å². The lowest BCUT2D eigenvalue weighted by Crippen LogP contribution is -2.38. The summed E-state index contributed by atoms with van der Waals surface area (Å²) >= 11 is 0. The Morgan fingerprint density at radius 1 is 1.18 bits per heavy atom. The van der Waals surface area contributed by atoms with Crippen molar-refractivity contribution in [2.45, 2.75) is 57.4 Å². The Kier molecular flexibility index (Phi) is 5.60. The molecule has 2 aliphatic carbocycles. The first-order valence-corrected chi connectivity index (χ1v) is 10.8. The van der Waals surface area contributed by atoms with Gasteiger partial charge in [-0.15, -0.1) is 0 Å². The highest BCUT2D eigenvalue weighted by molar-refractivity contribution is 5.69. The van der Waals surface area contributed by atoms with Crippen LogP contribution in [0.5, 0.6) is 0 Å². The second kappa shape index (κ2) is 8.29. The normalized spacial score (nSPS) is 33.5. The summed E-state index contributed by atoms with van der Waals surface area (Å²) in [5.74, 6) is 3.58. The highest BCUT2D eigenvalue weighted by Crippen LogP contribution is 2.50. The molecular formula is C25H30N3+. The fraction of sp³-hybridized carbons (Fsp3) is 0.520. The lowest BCUT2D eigenvalue weighted by Gasteiger charge is -2.42. The van der Waals surface area contributed by atoms with E-state index in [1.54, 1.807) is 0 Å². The van der Waals surface area contributed by atoms with Crippen LogP contribution in [0.15, 0.2) is 47.6 Å². The molecule has 3 nitrogen and oxygen atoms in total. The summed E-state index contributed by atoms with van der Waals surface area (Å²) in [7, 11) is 0. The molecule has 2 fully saturated rings. The first-order valence-electron chi connectivity index (χ1n) is 10.8. The van der Waals surface area contributed by atoms with Gasteiger partial charge >= 0.3 is 0 Å². The van der Waals surface area contributed by atoms with Gasteiger partial charge in [-0.25, -0.2) is 4.58 Å². The summed E-state index contributed by atoms with van der Waals surface area (Å²) in [5, 5.41) is 17.5. The number of benzene rings is 1. The van der Waals surface area contributed by atoms with Crippen molar-refractivity contribution in [3.63, 3.8) is 0 Å². The molecule has 1 saturated heterocycles. The number of nitrogens with one attached hydrogen (secondary N) is 1. The molecule has 1 N–H and O–H groups in total. The van der Waals surface area contributed by atoms with E-state index in [0.29, 0.717) is 23.5 Å². The summed E-state index contributed by atoms with van der Waals surface area (Å²) in [6.07, 6.45) is 12.1. The maximum atomic E-state index is 9.74. The molecule has 0 bridgehead atoms. The zero-order valence-electron chi connectivity index (χ0n) is 16.8. The van der Waals surface area contributed by atoms with Crippen LogP contribution in [0.25, 0.3) is 0 Å². The molecule has 0 aromatic heterocycles. The predicted molar refractivity (Wildman–Crippen MR) is 113 cm³/mol. The van der Waals surface area contributed by atoms with Crippen molar-refractivity contribution in [3.8, 4) is 6.07 Å². The van der Waals surface area contributed by atoms with Crippen LogP contribution in [0.4, 0.5) is 0 Å². The van der Waals surface area contributed by atoms with E-state index in [9.17, 15) is 5.26 Å². The summed E-state index contributed by atoms with van der Waals surface area (Å²) in [6, 6.07) is 13.7. The van der Waals surface area contributed by atoms with E-state index in [1.165, 1.54) is 43.2 Å². The minimum absolute atomic E-state index is 0.0372. The number of hydrogen-bond acceptors (Lipinski definition) is 2. The average Bonchev–Trinajstić information content (AvgIpc) is 3.14. The van der Waals surface area contributed by atoms with E-state index in [2.05, 4.69) is 66.1 Å². The Hall–Kier alpha value is -2.43. The van der Waals surface area contributed by atoms with E-state index < -0.39 is 0 Å². The number of fused-ring (bicyclic) bond motifs is 1. The molecule has 0 amide bonds. The third-order valence-electron chi connectivity index (χ3n) is 7.10. The first-order chi connectivity index (χ1) is 13.7. The van der Waals surface area contributed by atoms with Crippen LogP contribution >= 0.6 is 0 Å². The standard InChI is InChI=1S/C25H30N3/c1-18-8-7-13-28(18)17-24-23(21(15-26)16-27)14-20-11-5-6-12-22(20)25(24)19-9-3-2-4-10-19/h2-4,9-10,14,17-18,22-26H,5-8,11-13H2,1H3/q+1/t18-,22-,23?,24?,25+/m1/s1. The molecule has 3 heteroatoms. The molecule has 1 heterocycles. The summed E-state index contributed by atoms with van der Waals surface area (Å²) < 4.78 is 2.49. The van der Waals surface area contributed by atoms with Crippen molar-refractivity contribution in [1.29, 1.82) is 10.7 Å². The smallest absolute Gasteiger partial charge is 0.149 e. The lowest BCUT2D eigenvalue weighted by atomic mass is 9.60. The molecule has 28 heavy (non-hydrogen) atoms. The van der Waals surface area contributed by atoms with Crippen LogP contribution in [0.2, 0.25) is 0 Å². The van der Waals surface area contributed by atoms with Crippen molar-refractivity contribution >= 4 is 12.1 Å². The highest BCUT2D eigenvalue weighted by atomic mass is 15.0. The van der Waals surface area contributed by atoms with Crippen LogP contribution in [0.1, 0.15) is 56.9 Å². The van der Waals surface area contributed by atoms with Crippen LogP contribution in [0.3, 0.4) is 0 Å². The second-order valence-electron chi connectivity index (χ2n) is 8.66. The predicted octanol–water partition coefficient (Wildman–Crippen LogP) is 5.10. The Labute approximate surface area is 168 Å². The van der Waals surface area contributed by atoms with Gasteiger partial charge in [-0.1, -0.05) is 48.4 Å². The summed E-state index contributed by atoms with van der Waals surface area (Å²) in [6.45, 7) is 3.40. The molecular weight excluding hydrogens is 342 g/mol. The molecule has 0 spiro atoms. The SMILES string of the molecule is C[C@@H]1CCC[N+]1=CC1C(C(=C=N)C#N)C=C2CCCC[C@H]2[C@@H]1c1ccccc1. The molecule has 4 rings (SSSR count). The van der Waals surface area contributed by atoms with Gasteiger partial charge < -0.3 is 0 Å². The zero-order valence-corrected chi connectivity index (χ0v) is 16.8. The third-order valence-corrected chi connectivity index (χ3v) is 7.10. The topological polar surface area (TPSA) is 50.6 Å². The Morgan fingerprint density at radius 2 is 2.00 bits per heavy atom. The van der Waals surface area contributed by atoms with Gasteiger partial charge in [0.1, 0.15) is 24.9 Å². The average molecular weight is 373 g/mol. The van der Waals surface area contributed by atoms with Crippen molar-refractivity contribution < 1.29 is 4.58 Å². The van der Waals surface area contributed by atoms with Gasteiger partial charge in [0, 0.05) is 24.7 Å². The number of allylic oxidation sites excluding steroid dienone is 3. The largest absolute Gasteiger partial charge is 0.258 e. The van der Waals surface area contributed by atoms with Gasteiger partial charge in [-0.3, -0.25) is 5.41 Å². The molecule has 144 valence electrons. The minimum atomic E-state index is -0.0372. The Morgan fingerprint density at radius 3 is 2.68 bits per heavy atom. The lowest BCUT2D eigenvalue weighted by molar-refractivity contribution is -0.538.